The first-order valence-corrected chi connectivity index (χ1v) is 8.51. The first kappa shape index (κ1) is 18.1. The highest BCUT2D eigenvalue weighted by Gasteiger charge is 2.11. The molecule has 3 aromatic rings. The second kappa shape index (κ2) is 8.11. The van der Waals surface area contributed by atoms with Crippen LogP contribution in [0.15, 0.2) is 54.6 Å². The zero-order valence-corrected chi connectivity index (χ0v) is 15.2. The van der Waals surface area contributed by atoms with E-state index in [1.165, 1.54) is 5.56 Å². The topological polar surface area (TPSA) is 90.7 Å². The van der Waals surface area contributed by atoms with Crippen molar-refractivity contribution in [3.63, 3.8) is 0 Å². The standard InChI is InChI=1S/C21H19N5O/c1-14-6-3-4-8-17(14)13-23-20-11-19(24-15(2)25-20)21(27)26-18-9-5-7-16(10-18)12-22/h3-11H,13H2,1-2H3,(H,26,27)(H,23,24,25). The number of aryl methyl sites for hydroxylation is 2. The van der Waals surface area contributed by atoms with Crippen molar-refractivity contribution in [2.24, 2.45) is 0 Å². The predicted molar refractivity (Wildman–Crippen MR) is 104 cm³/mol. The molecule has 0 radical (unpaired) electrons. The van der Waals surface area contributed by atoms with E-state index in [0.717, 1.165) is 5.56 Å². The number of carbonyl (C=O) groups excluding carboxylic acids is 1. The molecule has 0 spiro atoms. The highest BCUT2D eigenvalue weighted by atomic mass is 16.1. The van der Waals surface area contributed by atoms with Gasteiger partial charge in [-0.2, -0.15) is 5.26 Å². The van der Waals surface area contributed by atoms with Crippen molar-refractivity contribution in [1.82, 2.24) is 9.97 Å². The minimum absolute atomic E-state index is 0.261. The van der Waals surface area contributed by atoms with E-state index in [9.17, 15) is 4.79 Å². The van der Waals surface area contributed by atoms with Gasteiger partial charge in [-0.1, -0.05) is 30.3 Å². The van der Waals surface area contributed by atoms with Gasteiger partial charge in [0, 0.05) is 18.3 Å². The Balaban J connectivity index is 1.75. The fourth-order valence-electron chi connectivity index (χ4n) is 2.63. The fourth-order valence-corrected chi connectivity index (χ4v) is 2.63. The van der Waals surface area contributed by atoms with Gasteiger partial charge in [-0.05, 0) is 43.2 Å². The largest absolute Gasteiger partial charge is 0.366 e. The molecule has 1 amide bonds. The molecular formula is C21H19N5O. The van der Waals surface area contributed by atoms with Gasteiger partial charge in [0.25, 0.3) is 5.91 Å². The monoisotopic (exact) mass is 357 g/mol. The predicted octanol–water partition coefficient (Wildman–Crippen LogP) is 3.83. The normalized spacial score (nSPS) is 10.1. The average Bonchev–Trinajstić information content (AvgIpc) is 2.67. The molecule has 27 heavy (non-hydrogen) atoms. The second-order valence-corrected chi connectivity index (χ2v) is 6.11. The number of hydrogen-bond acceptors (Lipinski definition) is 5. The van der Waals surface area contributed by atoms with Crippen LogP contribution in [0.1, 0.15) is 33.0 Å². The van der Waals surface area contributed by atoms with E-state index in [1.54, 1.807) is 37.3 Å². The number of carbonyl (C=O) groups is 1. The van der Waals surface area contributed by atoms with Crippen molar-refractivity contribution in [1.29, 1.82) is 5.26 Å². The Bertz CT molecular complexity index is 1020. The molecule has 0 saturated heterocycles. The number of anilines is 2. The first-order chi connectivity index (χ1) is 13.0. The Kier molecular flexibility index (Phi) is 5.43. The molecule has 0 atom stereocenters. The van der Waals surface area contributed by atoms with Crippen molar-refractivity contribution < 1.29 is 4.79 Å². The molecule has 6 nitrogen and oxygen atoms in total. The Morgan fingerprint density at radius 2 is 1.89 bits per heavy atom. The summed E-state index contributed by atoms with van der Waals surface area (Å²) in [5, 5.41) is 15.0. The van der Waals surface area contributed by atoms with Crippen LogP contribution in [0.4, 0.5) is 11.5 Å². The lowest BCUT2D eigenvalue weighted by atomic mass is 10.1. The van der Waals surface area contributed by atoms with Gasteiger partial charge < -0.3 is 10.6 Å². The Hall–Kier alpha value is -3.72. The minimum Gasteiger partial charge on any atom is -0.366 e. The molecule has 0 aliphatic rings. The van der Waals surface area contributed by atoms with E-state index in [0.29, 0.717) is 29.4 Å². The van der Waals surface area contributed by atoms with E-state index in [1.807, 2.05) is 24.3 Å². The third-order valence-electron chi connectivity index (χ3n) is 4.04. The molecule has 0 bridgehead atoms. The maximum absolute atomic E-state index is 12.5. The SMILES string of the molecule is Cc1nc(NCc2ccccc2C)cc(C(=O)Nc2cccc(C#N)c2)n1. The zero-order valence-electron chi connectivity index (χ0n) is 15.2. The number of amides is 1. The van der Waals surface area contributed by atoms with E-state index >= 15 is 0 Å². The van der Waals surface area contributed by atoms with Crippen molar-refractivity contribution in [2.45, 2.75) is 20.4 Å². The Morgan fingerprint density at radius 3 is 2.67 bits per heavy atom. The Morgan fingerprint density at radius 1 is 1.07 bits per heavy atom. The summed E-state index contributed by atoms with van der Waals surface area (Å²) in [7, 11) is 0. The van der Waals surface area contributed by atoms with Crippen LogP contribution in [0, 0.1) is 25.2 Å². The molecule has 2 N–H and O–H groups in total. The highest BCUT2D eigenvalue weighted by Crippen LogP contribution is 2.14. The number of hydrogen-bond donors (Lipinski definition) is 2. The molecular weight excluding hydrogens is 338 g/mol. The van der Waals surface area contributed by atoms with Gasteiger partial charge in [-0.3, -0.25) is 4.79 Å². The van der Waals surface area contributed by atoms with Crippen LogP contribution in [-0.4, -0.2) is 15.9 Å². The van der Waals surface area contributed by atoms with Gasteiger partial charge in [0.2, 0.25) is 0 Å². The van der Waals surface area contributed by atoms with E-state index < -0.39 is 0 Å². The van der Waals surface area contributed by atoms with E-state index in [-0.39, 0.29) is 11.6 Å². The number of nitrogens with zero attached hydrogens (tertiary/aromatic N) is 3. The Labute approximate surface area is 157 Å². The molecule has 1 aromatic heterocycles. The van der Waals surface area contributed by atoms with Gasteiger partial charge in [0.05, 0.1) is 11.6 Å². The van der Waals surface area contributed by atoms with Crippen LogP contribution in [0.5, 0.6) is 0 Å². The van der Waals surface area contributed by atoms with Gasteiger partial charge in [-0.25, -0.2) is 9.97 Å². The molecule has 0 saturated carbocycles. The summed E-state index contributed by atoms with van der Waals surface area (Å²) in [5.74, 6) is 0.733. The number of nitrogens with one attached hydrogen (secondary N) is 2. The van der Waals surface area contributed by atoms with Gasteiger partial charge >= 0.3 is 0 Å². The van der Waals surface area contributed by atoms with Crippen molar-refractivity contribution >= 4 is 17.4 Å². The third-order valence-corrected chi connectivity index (χ3v) is 4.04. The van der Waals surface area contributed by atoms with E-state index in [4.69, 9.17) is 5.26 Å². The van der Waals surface area contributed by atoms with Crippen molar-refractivity contribution in [3.8, 4) is 6.07 Å². The maximum Gasteiger partial charge on any atom is 0.274 e. The lowest BCUT2D eigenvalue weighted by Gasteiger charge is -2.10. The van der Waals surface area contributed by atoms with Crippen LogP contribution < -0.4 is 10.6 Å². The summed E-state index contributed by atoms with van der Waals surface area (Å²) < 4.78 is 0. The molecule has 0 fully saturated rings. The van der Waals surface area contributed by atoms with E-state index in [2.05, 4.69) is 33.6 Å². The van der Waals surface area contributed by atoms with Crippen LogP contribution in [0.25, 0.3) is 0 Å². The molecule has 3 rings (SSSR count). The van der Waals surface area contributed by atoms with Gasteiger partial charge in [0.15, 0.2) is 0 Å². The lowest BCUT2D eigenvalue weighted by Crippen LogP contribution is -2.16. The highest BCUT2D eigenvalue weighted by molar-refractivity contribution is 6.03. The van der Waals surface area contributed by atoms with Crippen molar-refractivity contribution in [2.75, 3.05) is 10.6 Å². The average molecular weight is 357 g/mol. The number of nitriles is 1. The zero-order chi connectivity index (χ0) is 19.2. The summed E-state index contributed by atoms with van der Waals surface area (Å²) in [6.07, 6.45) is 0. The first-order valence-electron chi connectivity index (χ1n) is 8.51. The summed E-state index contributed by atoms with van der Waals surface area (Å²) in [5.41, 5.74) is 3.63. The number of benzene rings is 2. The van der Waals surface area contributed by atoms with Gasteiger partial charge in [-0.15, -0.1) is 0 Å². The number of rotatable bonds is 5. The summed E-state index contributed by atoms with van der Waals surface area (Å²) in [4.78, 5) is 21.1. The fraction of sp³-hybridized carbons (Fsp3) is 0.143. The summed E-state index contributed by atoms with van der Waals surface area (Å²) in [6, 6.07) is 18.5. The quantitative estimate of drug-likeness (QED) is 0.724. The summed E-state index contributed by atoms with van der Waals surface area (Å²) >= 11 is 0. The van der Waals surface area contributed by atoms with Crippen LogP contribution in [-0.2, 0) is 6.54 Å². The number of aromatic nitrogens is 2. The molecule has 0 aliphatic carbocycles. The lowest BCUT2D eigenvalue weighted by molar-refractivity contribution is 0.102. The van der Waals surface area contributed by atoms with Crippen LogP contribution in [0.3, 0.4) is 0 Å². The molecule has 134 valence electrons. The minimum atomic E-state index is -0.352. The third kappa shape index (κ3) is 4.67. The summed E-state index contributed by atoms with van der Waals surface area (Å²) in [6.45, 7) is 4.40. The molecule has 1 heterocycles. The van der Waals surface area contributed by atoms with Crippen LogP contribution in [0.2, 0.25) is 0 Å². The molecule has 6 heteroatoms. The maximum atomic E-state index is 12.5. The smallest absolute Gasteiger partial charge is 0.274 e. The van der Waals surface area contributed by atoms with Crippen LogP contribution >= 0.6 is 0 Å². The second-order valence-electron chi connectivity index (χ2n) is 6.11. The molecule has 0 unspecified atom stereocenters. The van der Waals surface area contributed by atoms with Crippen molar-refractivity contribution in [3.05, 3.63) is 82.8 Å². The molecule has 2 aromatic carbocycles. The molecule has 0 aliphatic heterocycles. The van der Waals surface area contributed by atoms with Gasteiger partial charge in [0.1, 0.15) is 17.3 Å².